The Bertz CT molecular complexity index is 871. The van der Waals surface area contributed by atoms with E-state index >= 15 is 0 Å². The molecule has 0 N–H and O–H groups in total. The number of benzene rings is 1. The number of rotatable bonds is 7. The van der Waals surface area contributed by atoms with Crippen LogP contribution in [-0.2, 0) is 28.6 Å². The highest BCUT2D eigenvalue weighted by molar-refractivity contribution is 9.10. The van der Waals surface area contributed by atoms with E-state index in [1.165, 1.54) is 12.2 Å². The third-order valence-corrected chi connectivity index (χ3v) is 5.15. The first-order valence-electron chi connectivity index (χ1n) is 10.3. The minimum absolute atomic E-state index is 0.0526. The summed E-state index contributed by atoms with van der Waals surface area (Å²) in [5.74, 6) is -4.54. The number of ether oxygens (including phenoxy) is 3. The van der Waals surface area contributed by atoms with Gasteiger partial charge in [-0.15, -0.1) is 0 Å². The topological polar surface area (TPSA) is 99.2 Å². The third kappa shape index (κ3) is 6.18. The molecule has 174 valence electrons. The Balaban J connectivity index is 2.61. The van der Waals surface area contributed by atoms with E-state index in [0.717, 1.165) is 9.37 Å². The van der Waals surface area contributed by atoms with Crippen LogP contribution in [0.3, 0.4) is 0 Å². The van der Waals surface area contributed by atoms with Crippen LogP contribution in [0.1, 0.15) is 46.1 Å². The lowest BCUT2D eigenvalue weighted by atomic mass is 9.80. The Morgan fingerprint density at radius 2 is 1.56 bits per heavy atom. The second kappa shape index (κ2) is 10.8. The van der Waals surface area contributed by atoms with E-state index < -0.39 is 47.4 Å². The molecule has 2 rings (SSSR count). The Labute approximate surface area is 196 Å². The second-order valence-electron chi connectivity index (χ2n) is 8.10. The Morgan fingerprint density at radius 1 is 1.03 bits per heavy atom. The fourth-order valence-electron chi connectivity index (χ4n) is 3.42. The molecular weight excluding hydrogens is 482 g/mol. The lowest BCUT2D eigenvalue weighted by molar-refractivity contribution is -0.164. The van der Waals surface area contributed by atoms with Gasteiger partial charge < -0.3 is 14.2 Å². The summed E-state index contributed by atoms with van der Waals surface area (Å²) in [4.78, 5) is 52.2. The van der Waals surface area contributed by atoms with Crippen molar-refractivity contribution in [3.63, 3.8) is 0 Å². The van der Waals surface area contributed by atoms with Crippen LogP contribution in [0.5, 0.6) is 0 Å². The first-order chi connectivity index (χ1) is 15.0. The standard InChI is InChI=1S/C23H28BrNO7/c1-6-30-20(27)19(21(28)31-7-2)18(14-8-10-15(24)11-9-14)16-12-13-17(26)25(16)22(29)32-23(3,4)5/h8-13,16,18-19H,6-7H2,1-5H3/t16-,18-/m0/s1. The van der Waals surface area contributed by atoms with E-state index in [-0.39, 0.29) is 13.2 Å². The molecule has 1 aromatic carbocycles. The van der Waals surface area contributed by atoms with E-state index in [0.29, 0.717) is 5.56 Å². The molecule has 0 saturated carbocycles. The highest BCUT2D eigenvalue weighted by Crippen LogP contribution is 2.37. The van der Waals surface area contributed by atoms with Crippen LogP contribution in [0.25, 0.3) is 0 Å². The maximum Gasteiger partial charge on any atom is 0.417 e. The molecule has 9 heteroatoms. The van der Waals surface area contributed by atoms with Crippen LogP contribution < -0.4 is 0 Å². The van der Waals surface area contributed by atoms with Gasteiger partial charge >= 0.3 is 18.0 Å². The quantitative estimate of drug-likeness (QED) is 0.311. The van der Waals surface area contributed by atoms with Crippen molar-refractivity contribution in [1.29, 1.82) is 0 Å². The molecule has 0 spiro atoms. The van der Waals surface area contributed by atoms with Gasteiger partial charge in [-0.3, -0.25) is 14.4 Å². The molecule has 8 nitrogen and oxygen atoms in total. The van der Waals surface area contributed by atoms with Crippen LogP contribution in [-0.4, -0.2) is 53.7 Å². The van der Waals surface area contributed by atoms with Crippen molar-refractivity contribution in [2.45, 2.75) is 52.2 Å². The molecule has 1 aliphatic rings. The highest BCUT2D eigenvalue weighted by atomic mass is 79.9. The summed E-state index contributed by atoms with van der Waals surface area (Å²) < 4.78 is 16.5. The molecule has 0 aromatic heterocycles. The maximum absolute atomic E-state index is 12.9. The number of hydrogen-bond acceptors (Lipinski definition) is 7. The van der Waals surface area contributed by atoms with Crippen molar-refractivity contribution < 1.29 is 33.4 Å². The van der Waals surface area contributed by atoms with Gasteiger partial charge in [0.05, 0.1) is 19.3 Å². The Kier molecular flexibility index (Phi) is 8.60. The van der Waals surface area contributed by atoms with Gasteiger partial charge in [0.15, 0.2) is 5.92 Å². The molecular formula is C23H28BrNO7. The van der Waals surface area contributed by atoms with Crippen LogP contribution in [0.2, 0.25) is 0 Å². The minimum atomic E-state index is -1.40. The van der Waals surface area contributed by atoms with E-state index in [9.17, 15) is 19.2 Å². The number of carbonyl (C=O) groups excluding carboxylic acids is 4. The molecule has 2 atom stereocenters. The molecule has 0 fully saturated rings. The van der Waals surface area contributed by atoms with Crippen molar-refractivity contribution >= 4 is 39.9 Å². The van der Waals surface area contributed by atoms with Gasteiger partial charge in [-0.25, -0.2) is 9.69 Å². The minimum Gasteiger partial charge on any atom is -0.465 e. The average molecular weight is 510 g/mol. The maximum atomic E-state index is 12.9. The molecule has 0 bridgehead atoms. The third-order valence-electron chi connectivity index (χ3n) is 4.62. The zero-order valence-electron chi connectivity index (χ0n) is 18.8. The van der Waals surface area contributed by atoms with Gasteiger partial charge in [0, 0.05) is 16.5 Å². The molecule has 0 radical (unpaired) electrons. The molecule has 1 aliphatic heterocycles. The number of carbonyl (C=O) groups is 4. The Hall–Kier alpha value is -2.68. The fraction of sp³-hybridized carbons (Fsp3) is 0.478. The molecule has 32 heavy (non-hydrogen) atoms. The lowest BCUT2D eigenvalue weighted by Gasteiger charge is -2.34. The summed E-state index contributed by atoms with van der Waals surface area (Å²) in [6.45, 7) is 8.40. The van der Waals surface area contributed by atoms with Crippen LogP contribution >= 0.6 is 15.9 Å². The van der Waals surface area contributed by atoms with E-state index in [1.54, 1.807) is 58.9 Å². The normalized spacial score (nSPS) is 16.8. The van der Waals surface area contributed by atoms with Gasteiger partial charge in [-0.1, -0.05) is 34.1 Å². The molecule has 0 unspecified atom stereocenters. The summed E-state index contributed by atoms with van der Waals surface area (Å²) in [5, 5.41) is 0. The van der Waals surface area contributed by atoms with Crippen molar-refractivity contribution in [3.8, 4) is 0 Å². The van der Waals surface area contributed by atoms with E-state index in [2.05, 4.69) is 15.9 Å². The van der Waals surface area contributed by atoms with Gasteiger partial charge in [-0.05, 0) is 52.3 Å². The lowest BCUT2D eigenvalue weighted by Crippen LogP contribution is -2.49. The van der Waals surface area contributed by atoms with E-state index in [4.69, 9.17) is 14.2 Å². The van der Waals surface area contributed by atoms with Crippen LogP contribution in [0, 0.1) is 5.92 Å². The fourth-order valence-corrected chi connectivity index (χ4v) is 3.69. The highest BCUT2D eigenvalue weighted by Gasteiger charge is 2.48. The number of esters is 2. The summed E-state index contributed by atoms with van der Waals surface area (Å²) in [6, 6.07) is 5.95. The average Bonchev–Trinajstić information content (AvgIpc) is 3.07. The van der Waals surface area contributed by atoms with Gasteiger partial charge in [0.1, 0.15) is 5.60 Å². The summed E-state index contributed by atoms with van der Waals surface area (Å²) >= 11 is 3.36. The summed E-state index contributed by atoms with van der Waals surface area (Å²) in [5.41, 5.74) is -0.295. The summed E-state index contributed by atoms with van der Waals surface area (Å²) in [6.07, 6.45) is 1.85. The van der Waals surface area contributed by atoms with Crippen molar-refractivity contribution in [3.05, 3.63) is 46.5 Å². The first-order valence-corrected chi connectivity index (χ1v) is 11.1. The largest absolute Gasteiger partial charge is 0.465 e. The monoisotopic (exact) mass is 509 g/mol. The smallest absolute Gasteiger partial charge is 0.417 e. The summed E-state index contributed by atoms with van der Waals surface area (Å²) in [7, 11) is 0. The number of nitrogens with zero attached hydrogens (tertiary/aromatic N) is 1. The van der Waals surface area contributed by atoms with Crippen molar-refractivity contribution in [2.75, 3.05) is 13.2 Å². The zero-order valence-corrected chi connectivity index (χ0v) is 20.4. The van der Waals surface area contributed by atoms with E-state index in [1.807, 2.05) is 0 Å². The number of amides is 2. The number of halogens is 1. The number of hydrogen-bond donors (Lipinski definition) is 0. The van der Waals surface area contributed by atoms with Crippen LogP contribution in [0.4, 0.5) is 4.79 Å². The van der Waals surface area contributed by atoms with Gasteiger partial charge in [0.2, 0.25) is 0 Å². The van der Waals surface area contributed by atoms with Gasteiger partial charge in [-0.2, -0.15) is 0 Å². The number of imide groups is 1. The molecule has 1 aromatic rings. The Morgan fingerprint density at radius 3 is 2.03 bits per heavy atom. The predicted octanol–water partition coefficient (Wildman–Crippen LogP) is 3.98. The zero-order chi connectivity index (χ0) is 24.1. The van der Waals surface area contributed by atoms with Crippen molar-refractivity contribution in [1.82, 2.24) is 4.90 Å². The van der Waals surface area contributed by atoms with Gasteiger partial charge in [0.25, 0.3) is 5.91 Å². The van der Waals surface area contributed by atoms with Crippen molar-refractivity contribution in [2.24, 2.45) is 5.92 Å². The SMILES string of the molecule is CCOC(=O)C(C(=O)OCC)[C@@H](c1ccc(Br)cc1)[C@@H]1C=CC(=O)N1C(=O)OC(C)(C)C. The molecule has 1 heterocycles. The second-order valence-corrected chi connectivity index (χ2v) is 9.01. The molecule has 0 aliphatic carbocycles. The first kappa shape index (κ1) is 25.6. The molecule has 0 saturated heterocycles. The van der Waals surface area contributed by atoms with Crippen LogP contribution in [0.15, 0.2) is 40.9 Å². The molecule has 2 amide bonds. The predicted molar refractivity (Wildman–Crippen MR) is 120 cm³/mol.